The van der Waals surface area contributed by atoms with Gasteiger partial charge in [-0.1, -0.05) is 0 Å². The third-order valence-corrected chi connectivity index (χ3v) is 4.77. The number of hydrogen-bond acceptors (Lipinski definition) is 4. The van der Waals surface area contributed by atoms with E-state index in [1.165, 1.54) is 23.5 Å². The smallest absolute Gasteiger partial charge is 0.252 e. The molecule has 2 amide bonds. The second-order valence-corrected chi connectivity index (χ2v) is 6.57. The molecule has 3 heterocycles. The molecular formula is C17H18FN3O2S. The number of carbonyl (C=O) groups excluding carboxylic acids is 2. The molecule has 1 N–H and O–H groups in total. The first-order valence-corrected chi connectivity index (χ1v) is 8.77. The molecule has 0 saturated carbocycles. The van der Waals surface area contributed by atoms with Crippen LogP contribution in [0, 0.1) is 5.82 Å². The van der Waals surface area contributed by atoms with Gasteiger partial charge < -0.3 is 10.2 Å². The SMILES string of the molecule is O=C(NC1CCN(C(=O)Cc2ccc(F)cn2)CC1)c1ccsc1. The van der Waals surface area contributed by atoms with Gasteiger partial charge in [0.2, 0.25) is 5.91 Å². The van der Waals surface area contributed by atoms with E-state index in [0.717, 1.165) is 19.0 Å². The molecule has 1 saturated heterocycles. The molecule has 5 nitrogen and oxygen atoms in total. The molecule has 126 valence electrons. The molecule has 0 spiro atoms. The summed E-state index contributed by atoms with van der Waals surface area (Å²) in [5.41, 5.74) is 1.25. The number of hydrogen-bond donors (Lipinski definition) is 1. The third kappa shape index (κ3) is 4.17. The maximum absolute atomic E-state index is 12.8. The zero-order chi connectivity index (χ0) is 16.9. The Morgan fingerprint density at radius 3 is 2.71 bits per heavy atom. The molecule has 2 aromatic heterocycles. The van der Waals surface area contributed by atoms with Crippen molar-refractivity contribution in [1.82, 2.24) is 15.2 Å². The minimum absolute atomic E-state index is 0.0169. The minimum Gasteiger partial charge on any atom is -0.349 e. The van der Waals surface area contributed by atoms with Gasteiger partial charge in [-0.05, 0) is 36.4 Å². The number of aromatic nitrogens is 1. The van der Waals surface area contributed by atoms with Gasteiger partial charge in [-0.2, -0.15) is 11.3 Å². The molecule has 2 aromatic rings. The fourth-order valence-corrected chi connectivity index (χ4v) is 3.35. The average Bonchev–Trinajstić information content (AvgIpc) is 3.12. The van der Waals surface area contributed by atoms with Gasteiger partial charge in [-0.3, -0.25) is 14.6 Å². The molecule has 0 aliphatic carbocycles. The number of nitrogens with one attached hydrogen (secondary N) is 1. The highest BCUT2D eigenvalue weighted by atomic mass is 32.1. The summed E-state index contributed by atoms with van der Waals surface area (Å²) in [6.07, 6.45) is 2.76. The summed E-state index contributed by atoms with van der Waals surface area (Å²) in [4.78, 5) is 30.0. The maximum Gasteiger partial charge on any atom is 0.252 e. The molecule has 0 radical (unpaired) electrons. The summed E-state index contributed by atoms with van der Waals surface area (Å²) in [6, 6.07) is 4.72. The van der Waals surface area contributed by atoms with E-state index < -0.39 is 5.82 Å². The summed E-state index contributed by atoms with van der Waals surface area (Å²) < 4.78 is 12.8. The van der Waals surface area contributed by atoms with Crippen LogP contribution in [-0.2, 0) is 11.2 Å². The quantitative estimate of drug-likeness (QED) is 0.923. The van der Waals surface area contributed by atoms with Crippen LogP contribution in [0.2, 0.25) is 0 Å². The standard InChI is InChI=1S/C17H18FN3O2S/c18-13-1-2-15(19-10-13)9-16(22)21-6-3-14(4-7-21)20-17(23)12-5-8-24-11-12/h1-2,5,8,10-11,14H,3-4,6-7,9H2,(H,20,23). The summed E-state index contributed by atoms with van der Waals surface area (Å²) in [7, 11) is 0. The van der Waals surface area contributed by atoms with E-state index in [4.69, 9.17) is 0 Å². The van der Waals surface area contributed by atoms with Gasteiger partial charge in [-0.15, -0.1) is 0 Å². The topological polar surface area (TPSA) is 62.3 Å². The van der Waals surface area contributed by atoms with Crippen LogP contribution >= 0.6 is 11.3 Å². The van der Waals surface area contributed by atoms with Crippen LogP contribution in [0.4, 0.5) is 4.39 Å². The number of likely N-dealkylation sites (tertiary alicyclic amines) is 1. The molecule has 1 fully saturated rings. The van der Waals surface area contributed by atoms with E-state index >= 15 is 0 Å². The second kappa shape index (κ2) is 7.53. The first-order chi connectivity index (χ1) is 11.6. The van der Waals surface area contributed by atoms with Gasteiger partial charge in [-0.25, -0.2) is 4.39 Å². The lowest BCUT2D eigenvalue weighted by Gasteiger charge is -2.32. The Balaban J connectivity index is 1.47. The number of piperidine rings is 1. The van der Waals surface area contributed by atoms with Gasteiger partial charge >= 0.3 is 0 Å². The predicted octanol–water partition coefficient (Wildman–Crippen LogP) is 2.25. The molecule has 0 atom stereocenters. The molecule has 7 heteroatoms. The van der Waals surface area contributed by atoms with Crippen LogP contribution in [-0.4, -0.2) is 40.8 Å². The van der Waals surface area contributed by atoms with Crippen molar-refractivity contribution in [2.75, 3.05) is 13.1 Å². The number of carbonyl (C=O) groups is 2. The van der Waals surface area contributed by atoms with Crippen LogP contribution in [0.25, 0.3) is 0 Å². The van der Waals surface area contributed by atoms with Gasteiger partial charge in [0, 0.05) is 35.8 Å². The van der Waals surface area contributed by atoms with Crippen molar-refractivity contribution in [1.29, 1.82) is 0 Å². The molecule has 24 heavy (non-hydrogen) atoms. The number of nitrogens with zero attached hydrogens (tertiary/aromatic N) is 2. The van der Waals surface area contributed by atoms with Gasteiger partial charge in [0.05, 0.1) is 12.6 Å². The van der Waals surface area contributed by atoms with Crippen molar-refractivity contribution in [3.63, 3.8) is 0 Å². The highest BCUT2D eigenvalue weighted by Gasteiger charge is 2.24. The van der Waals surface area contributed by atoms with E-state index in [1.807, 2.05) is 10.8 Å². The lowest BCUT2D eigenvalue weighted by molar-refractivity contribution is -0.131. The summed E-state index contributed by atoms with van der Waals surface area (Å²) in [6.45, 7) is 1.21. The maximum atomic E-state index is 12.8. The first kappa shape index (κ1) is 16.6. The Bertz CT molecular complexity index is 695. The van der Waals surface area contributed by atoms with Crippen molar-refractivity contribution in [3.05, 3.63) is 52.2 Å². The Hall–Kier alpha value is -2.28. The monoisotopic (exact) mass is 347 g/mol. The van der Waals surface area contributed by atoms with E-state index in [2.05, 4.69) is 10.3 Å². The Morgan fingerprint density at radius 2 is 2.08 bits per heavy atom. The number of halogens is 1. The van der Waals surface area contributed by atoms with E-state index in [9.17, 15) is 14.0 Å². The predicted molar refractivity (Wildman–Crippen MR) is 89.3 cm³/mol. The van der Waals surface area contributed by atoms with Crippen molar-refractivity contribution >= 4 is 23.2 Å². The summed E-state index contributed by atoms with van der Waals surface area (Å²) >= 11 is 1.49. The Kier molecular flexibility index (Phi) is 5.20. The van der Waals surface area contributed by atoms with Crippen molar-refractivity contribution in [2.45, 2.75) is 25.3 Å². The molecule has 1 aliphatic rings. The fraction of sp³-hybridized carbons (Fsp3) is 0.353. The highest BCUT2D eigenvalue weighted by Crippen LogP contribution is 2.14. The second-order valence-electron chi connectivity index (χ2n) is 5.79. The van der Waals surface area contributed by atoms with Crippen LogP contribution in [0.3, 0.4) is 0 Å². The van der Waals surface area contributed by atoms with Crippen molar-refractivity contribution in [3.8, 4) is 0 Å². The zero-order valence-electron chi connectivity index (χ0n) is 13.1. The lowest BCUT2D eigenvalue weighted by atomic mass is 10.0. The third-order valence-electron chi connectivity index (χ3n) is 4.09. The largest absolute Gasteiger partial charge is 0.349 e. The molecule has 0 aromatic carbocycles. The molecule has 1 aliphatic heterocycles. The Morgan fingerprint density at radius 1 is 1.29 bits per heavy atom. The number of rotatable bonds is 4. The fourth-order valence-electron chi connectivity index (χ4n) is 2.71. The molecule has 3 rings (SSSR count). The summed E-state index contributed by atoms with van der Waals surface area (Å²) in [5, 5.41) is 6.71. The van der Waals surface area contributed by atoms with Gasteiger partial charge in [0.25, 0.3) is 5.91 Å². The van der Waals surface area contributed by atoms with Crippen molar-refractivity contribution in [2.24, 2.45) is 0 Å². The van der Waals surface area contributed by atoms with E-state index in [1.54, 1.807) is 11.0 Å². The molecule has 0 bridgehead atoms. The van der Waals surface area contributed by atoms with Crippen LogP contribution in [0.1, 0.15) is 28.9 Å². The van der Waals surface area contributed by atoms with Gasteiger partial charge in [0.1, 0.15) is 5.82 Å². The zero-order valence-corrected chi connectivity index (χ0v) is 13.9. The normalized spacial score (nSPS) is 15.3. The summed E-state index contributed by atoms with van der Waals surface area (Å²) in [5.74, 6) is -0.485. The van der Waals surface area contributed by atoms with Crippen LogP contribution in [0.15, 0.2) is 35.2 Å². The van der Waals surface area contributed by atoms with Crippen LogP contribution in [0.5, 0.6) is 0 Å². The van der Waals surface area contributed by atoms with Gasteiger partial charge in [0.15, 0.2) is 0 Å². The highest BCUT2D eigenvalue weighted by molar-refractivity contribution is 7.08. The van der Waals surface area contributed by atoms with Crippen molar-refractivity contribution < 1.29 is 14.0 Å². The van der Waals surface area contributed by atoms with Crippen LogP contribution < -0.4 is 5.32 Å². The first-order valence-electron chi connectivity index (χ1n) is 7.83. The molecular weight excluding hydrogens is 329 g/mol. The number of thiophene rings is 1. The average molecular weight is 347 g/mol. The minimum atomic E-state index is -0.409. The number of amides is 2. The molecule has 0 unspecified atom stereocenters. The van der Waals surface area contributed by atoms with E-state index in [-0.39, 0.29) is 24.3 Å². The van der Waals surface area contributed by atoms with E-state index in [0.29, 0.717) is 24.3 Å². The Labute approximate surface area is 143 Å². The lowest BCUT2D eigenvalue weighted by Crippen LogP contribution is -2.46. The number of pyridine rings is 1.